The van der Waals surface area contributed by atoms with E-state index < -0.39 is 22.8 Å². The Hall–Kier alpha value is -3.46. The van der Waals surface area contributed by atoms with Gasteiger partial charge in [-0.15, -0.1) is 11.8 Å². The number of hydrogen-bond acceptors (Lipinski definition) is 5. The predicted octanol–water partition coefficient (Wildman–Crippen LogP) is 5.89. The van der Waals surface area contributed by atoms with Crippen LogP contribution in [0.25, 0.3) is 5.69 Å². The van der Waals surface area contributed by atoms with Gasteiger partial charge in [0.05, 0.1) is 18.5 Å². The molecule has 0 aliphatic carbocycles. The molecular weight excluding hydrogens is 488 g/mol. The van der Waals surface area contributed by atoms with Crippen molar-refractivity contribution in [2.24, 2.45) is 5.41 Å². The van der Waals surface area contributed by atoms with Crippen molar-refractivity contribution in [3.05, 3.63) is 71.9 Å². The lowest BCUT2D eigenvalue weighted by Gasteiger charge is -2.40. The van der Waals surface area contributed by atoms with Gasteiger partial charge in [0, 0.05) is 16.6 Å². The van der Waals surface area contributed by atoms with E-state index in [9.17, 15) is 14.7 Å². The van der Waals surface area contributed by atoms with Crippen LogP contribution in [0.15, 0.2) is 60.7 Å². The number of methoxy groups -OCH3 is 1. The van der Waals surface area contributed by atoms with Crippen LogP contribution >= 0.6 is 11.8 Å². The molecule has 8 nitrogen and oxygen atoms in total. The van der Waals surface area contributed by atoms with Gasteiger partial charge in [0.25, 0.3) is 0 Å². The van der Waals surface area contributed by atoms with E-state index in [4.69, 9.17) is 4.74 Å². The normalized spacial score (nSPS) is 13.9. The highest BCUT2D eigenvalue weighted by atomic mass is 32.2. The Morgan fingerprint density at radius 1 is 1.08 bits per heavy atom. The largest absolute Gasteiger partial charge is 0.497 e. The maximum atomic E-state index is 13.8. The fraction of sp³-hybridized carbons (Fsp3) is 0.393. The van der Waals surface area contributed by atoms with E-state index in [0.717, 1.165) is 22.7 Å². The van der Waals surface area contributed by atoms with Crippen molar-refractivity contribution < 1.29 is 19.4 Å². The van der Waals surface area contributed by atoms with Crippen LogP contribution in [0, 0.1) is 12.3 Å². The molecule has 9 heteroatoms. The Balaban J connectivity index is 1.93. The molecule has 2 atom stereocenters. The first-order valence-electron chi connectivity index (χ1n) is 12.1. The maximum Gasteiger partial charge on any atom is 0.405 e. The standard InChI is InChI=1S/C28H36N4O4S/c1-19-16-23(32(31-19)21-10-8-7-9-11-21)29-25(33)24(30-26(34)35)28(5,18-27(2,3)4)37-17-20-12-14-22(36-6)15-13-20/h7-16,24,30H,17-18H2,1-6H3,(H,29,33)(H,34,35)/t24?,28-/m1/s1. The summed E-state index contributed by atoms with van der Waals surface area (Å²) in [7, 11) is 1.62. The second-order valence-corrected chi connectivity index (χ2v) is 12.0. The lowest BCUT2D eigenvalue weighted by Crippen LogP contribution is -2.56. The van der Waals surface area contributed by atoms with E-state index in [1.54, 1.807) is 29.6 Å². The van der Waals surface area contributed by atoms with Gasteiger partial charge < -0.3 is 20.5 Å². The highest BCUT2D eigenvalue weighted by Gasteiger charge is 2.43. The van der Waals surface area contributed by atoms with Crippen LogP contribution < -0.4 is 15.4 Å². The minimum atomic E-state index is -1.25. The van der Waals surface area contributed by atoms with Gasteiger partial charge in [-0.2, -0.15) is 5.10 Å². The molecular formula is C28H36N4O4S. The summed E-state index contributed by atoms with van der Waals surface area (Å²) in [6, 6.07) is 18.0. The van der Waals surface area contributed by atoms with E-state index in [1.165, 1.54) is 0 Å². The van der Waals surface area contributed by atoms with E-state index in [1.807, 2.05) is 68.4 Å². The molecule has 1 unspecified atom stereocenters. The van der Waals surface area contributed by atoms with Crippen LogP contribution in [0.3, 0.4) is 0 Å². The summed E-state index contributed by atoms with van der Waals surface area (Å²) in [6.07, 6.45) is -0.658. The summed E-state index contributed by atoms with van der Waals surface area (Å²) in [4.78, 5) is 25.6. The number of aromatic nitrogens is 2. The van der Waals surface area contributed by atoms with Crippen molar-refractivity contribution in [3.8, 4) is 11.4 Å². The number of amides is 2. The molecule has 0 saturated carbocycles. The number of aryl methyl sites for hydroxylation is 1. The first-order valence-corrected chi connectivity index (χ1v) is 13.1. The number of ether oxygens (including phenoxy) is 1. The van der Waals surface area contributed by atoms with Gasteiger partial charge in [0.15, 0.2) is 0 Å². The molecule has 3 N–H and O–H groups in total. The van der Waals surface area contributed by atoms with Crippen LogP contribution in [-0.2, 0) is 10.5 Å². The summed E-state index contributed by atoms with van der Waals surface area (Å²) in [5.74, 6) is 1.40. The van der Waals surface area contributed by atoms with Crippen LogP contribution in [-0.4, -0.2) is 44.8 Å². The number of para-hydroxylation sites is 1. The zero-order valence-electron chi connectivity index (χ0n) is 22.2. The summed E-state index contributed by atoms with van der Waals surface area (Å²) in [5.41, 5.74) is 2.41. The van der Waals surface area contributed by atoms with Crippen LogP contribution in [0.5, 0.6) is 5.75 Å². The van der Waals surface area contributed by atoms with Crippen LogP contribution in [0.2, 0.25) is 0 Å². The van der Waals surface area contributed by atoms with Gasteiger partial charge in [-0.05, 0) is 55.5 Å². The van der Waals surface area contributed by atoms with E-state index >= 15 is 0 Å². The van der Waals surface area contributed by atoms with Crippen molar-refractivity contribution in [3.63, 3.8) is 0 Å². The number of nitrogens with zero attached hydrogens (tertiary/aromatic N) is 2. The Labute approximate surface area is 222 Å². The number of hydrogen-bond donors (Lipinski definition) is 3. The van der Waals surface area contributed by atoms with Gasteiger partial charge in [0.1, 0.15) is 17.6 Å². The number of anilines is 1. The Bertz CT molecular complexity index is 1210. The molecule has 0 saturated heterocycles. The first kappa shape index (κ1) is 28.1. The number of carbonyl (C=O) groups excluding carboxylic acids is 1. The maximum absolute atomic E-state index is 13.8. The van der Waals surface area contributed by atoms with Crippen LogP contribution in [0.1, 0.15) is 45.4 Å². The second kappa shape index (κ2) is 11.7. The zero-order chi connectivity index (χ0) is 27.2. The average Bonchev–Trinajstić information content (AvgIpc) is 3.20. The minimum absolute atomic E-state index is 0.164. The van der Waals surface area contributed by atoms with Crippen molar-refractivity contribution in [2.45, 2.75) is 57.6 Å². The topological polar surface area (TPSA) is 105 Å². The third-order valence-corrected chi connectivity index (χ3v) is 7.35. The highest BCUT2D eigenvalue weighted by molar-refractivity contribution is 8.00. The molecule has 1 heterocycles. The summed E-state index contributed by atoms with van der Waals surface area (Å²) in [6.45, 7) is 10.1. The Kier molecular flexibility index (Phi) is 8.91. The Morgan fingerprint density at radius 3 is 2.30 bits per heavy atom. The number of nitrogens with one attached hydrogen (secondary N) is 2. The molecule has 0 aliphatic heterocycles. The summed E-state index contributed by atoms with van der Waals surface area (Å²) < 4.78 is 6.14. The molecule has 2 aromatic carbocycles. The Morgan fingerprint density at radius 2 is 1.73 bits per heavy atom. The quantitative estimate of drug-likeness (QED) is 0.305. The van der Waals surface area contributed by atoms with Gasteiger partial charge >= 0.3 is 6.09 Å². The van der Waals surface area contributed by atoms with E-state index in [0.29, 0.717) is 18.0 Å². The van der Waals surface area contributed by atoms with Crippen molar-refractivity contribution in [1.82, 2.24) is 15.1 Å². The molecule has 2 amide bonds. The number of rotatable bonds is 10. The number of benzene rings is 2. The minimum Gasteiger partial charge on any atom is -0.497 e. The lowest BCUT2D eigenvalue weighted by atomic mass is 9.81. The monoisotopic (exact) mass is 524 g/mol. The third-order valence-electron chi connectivity index (χ3n) is 5.83. The predicted molar refractivity (Wildman–Crippen MR) is 149 cm³/mol. The van der Waals surface area contributed by atoms with Gasteiger partial charge in [-0.1, -0.05) is 51.1 Å². The fourth-order valence-corrected chi connectivity index (χ4v) is 5.99. The highest BCUT2D eigenvalue weighted by Crippen LogP contribution is 2.42. The van der Waals surface area contributed by atoms with E-state index in [-0.39, 0.29) is 5.41 Å². The molecule has 37 heavy (non-hydrogen) atoms. The smallest absolute Gasteiger partial charge is 0.405 e. The SMILES string of the molecule is COc1ccc(CS[C@](C)(CC(C)(C)C)C(NC(=O)O)C(=O)Nc2cc(C)nn2-c2ccccc2)cc1. The third kappa shape index (κ3) is 7.76. The number of carbonyl (C=O) groups is 2. The molecule has 1 aromatic heterocycles. The zero-order valence-corrected chi connectivity index (χ0v) is 23.1. The fourth-order valence-electron chi connectivity index (χ4n) is 4.43. The van der Waals surface area contributed by atoms with Crippen LogP contribution in [0.4, 0.5) is 10.6 Å². The first-order chi connectivity index (χ1) is 17.4. The van der Waals surface area contributed by atoms with Gasteiger partial charge in [-0.25, -0.2) is 9.48 Å². The molecule has 3 aromatic rings. The number of carboxylic acid groups (broad SMARTS) is 1. The number of thioether (sulfide) groups is 1. The summed E-state index contributed by atoms with van der Waals surface area (Å²) in [5, 5.41) is 19.7. The molecule has 0 fully saturated rings. The average molecular weight is 525 g/mol. The molecule has 3 rings (SSSR count). The molecule has 0 spiro atoms. The second-order valence-electron chi connectivity index (χ2n) is 10.5. The molecule has 0 aliphatic rings. The van der Waals surface area contributed by atoms with Gasteiger partial charge in [0.2, 0.25) is 5.91 Å². The van der Waals surface area contributed by atoms with Gasteiger partial charge in [-0.3, -0.25) is 4.79 Å². The molecule has 0 radical (unpaired) electrons. The summed E-state index contributed by atoms with van der Waals surface area (Å²) >= 11 is 1.56. The van der Waals surface area contributed by atoms with Crippen molar-refractivity contribution >= 4 is 29.6 Å². The van der Waals surface area contributed by atoms with Crippen molar-refractivity contribution in [1.29, 1.82) is 0 Å². The van der Waals surface area contributed by atoms with E-state index in [2.05, 4.69) is 36.5 Å². The molecule has 198 valence electrons. The van der Waals surface area contributed by atoms with Crippen molar-refractivity contribution in [2.75, 3.05) is 12.4 Å². The lowest BCUT2D eigenvalue weighted by molar-refractivity contribution is -0.118. The molecule has 0 bridgehead atoms.